The Hall–Kier alpha value is -3.66. The maximum atomic E-state index is 12.4. The van der Waals surface area contributed by atoms with Gasteiger partial charge in [-0.05, 0) is 43.2 Å². The lowest BCUT2D eigenvalue weighted by atomic mass is 10.1. The number of benzene rings is 3. The molecule has 0 saturated heterocycles. The molecule has 1 aromatic heterocycles. The Balaban J connectivity index is 1.40. The third kappa shape index (κ3) is 5.28. The number of nitrogens with one attached hydrogen (secondary N) is 1. The second-order valence-electron chi connectivity index (χ2n) is 7.67. The third-order valence-corrected chi connectivity index (χ3v) is 5.27. The number of hydrogen-bond acceptors (Lipinski definition) is 2. The van der Waals surface area contributed by atoms with Gasteiger partial charge in [0, 0.05) is 25.1 Å². The normalized spacial score (nSPS) is 11.3. The summed E-state index contributed by atoms with van der Waals surface area (Å²) in [5.74, 6) is 1.02. The van der Waals surface area contributed by atoms with Crippen LogP contribution in [0.25, 0.3) is 17.1 Å². The van der Waals surface area contributed by atoms with E-state index < -0.39 is 0 Å². The van der Waals surface area contributed by atoms with Gasteiger partial charge in [-0.3, -0.25) is 4.79 Å². The zero-order valence-corrected chi connectivity index (χ0v) is 17.8. The van der Waals surface area contributed by atoms with E-state index >= 15 is 0 Å². The standard InChI is InChI=1S/C27H27N3O/c1-21-10-7-14-23(20-21)27(31)28-18-8-17-26-29-24-15-5-6-16-25(24)30(26)19-9-13-22-11-3-2-4-12-22/h2-7,9-16,20H,8,17-19H2,1H3,(H,28,31)/b13-9+. The van der Waals surface area contributed by atoms with Gasteiger partial charge >= 0.3 is 0 Å². The van der Waals surface area contributed by atoms with Crippen LogP contribution < -0.4 is 5.32 Å². The van der Waals surface area contributed by atoms with Crippen LogP contribution in [0.5, 0.6) is 0 Å². The average Bonchev–Trinajstić information content (AvgIpc) is 3.15. The molecule has 1 heterocycles. The van der Waals surface area contributed by atoms with Crippen LogP contribution in [-0.2, 0) is 13.0 Å². The van der Waals surface area contributed by atoms with Gasteiger partial charge in [-0.2, -0.15) is 0 Å². The number of fused-ring (bicyclic) bond motifs is 1. The summed E-state index contributed by atoms with van der Waals surface area (Å²) < 4.78 is 2.26. The predicted molar refractivity (Wildman–Crippen MR) is 127 cm³/mol. The number of nitrogens with zero attached hydrogens (tertiary/aromatic N) is 2. The van der Waals surface area contributed by atoms with Gasteiger partial charge in [-0.15, -0.1) is 0 Å². The fraction of sp³-hybridized carbons (Fsp3) is 0.185. The van der Waals surface area contributed by atoms with Gasteiger partial charge in [-0.25, -0.2) is 4.98 Å². The molecule has 4 rings (SSSR count). The highest BCUT2D eigenvalue weighted by atomic mass is 16.1. The molecule has 0 saturated carbocycles. The Morgan fingerprint density at radius 3 is 2.65 bits per heavy atom. The lowest BCUT2D eigenvalue weighted by Crippen LogP contribution is -2.25. The molecule has 0 spiro atoms. The fourth-order valence-corrected chi connectivity index (χ4v) is 3.72. The highest BCUT2D eigenvalue weighted by Gasteiger charge is 2.10. The van der Waals surface area contributed by atoms with Crippen molar-refractivity contribution in [2.45, 2.75) is 26.3 Å². The summed E-state index contributed by atoms with van der Waals surface area (Å²) in [5.41, 5.74) is 5.13. The van der Waals surface area contributed by atoms with Gasteiger partial charge < -0.3 is 9.88 Å². The first-order valence-corrected chi connectivity index (χ1v) is 10.7. The Morgan fingerprint density at radius 1 is 1.00 bits per heavy atom. The molecule has 3 aromatic carbocycles. The lowest BCUT2D eigenvalue weighted by Gasteiger charge is -2.08. The predicted octanol–water partition coefficient (Wildman–Crippen LogP) is 5.42. The van der Waals surface area contributed by atoms with Crippen molar-refractivity contribution >= 4 is 23.0 Å². The Labute approximate surface area is 183 Å². The first kappa shape index (κ1) is 20.6. The summed E-state index contributed by atoms with van der Waals surface area (Å²) in [4.78, 5) is 17.2. The summed E-state index contributed by atoms with van der Waals surface area (Å²) in [7, 11) is 0. The van der Waals surface area contributed by atoms with Gasteiger partial charge in [0.05, 0.1) is 11.0 Å². The molecule has 31 heavy (non-hydrogen) atoms. The van der Waals surface area contributed by atoms with E-state index in [2.05, 4.69) is 46.3 Å². The summed E-state index contributed by atoms with van der Waals surface area (Å²) in [6.45, 7) is 3.38. The van der Waals surface area contributed by atoms with Gasteiger partial charge in [0.1, 0.15) is 5.82 Å². The van der Waals surface area contributed by atoms with E-state index in [1.54, 1.807) is 0 Å². The molecule has 0 aliphatic carbocycles. The van der Waals surface area contributed by atoms with Crippen molar-refractivity contribution in [1.82, 2.24) is 14.9 Å². The Kier molecular flexibility index (Phi) is 6.58. The molecule has 0 fully saturated rings. The monoisotopic (exact) mass is 409 g/mol. The largest absolute Gasteiger partial charge is 0.352 e. The minimum Gasteiger partial charge on any atom is -0.352 e. The summed E-state index contributed by atoms with van der Waals surface area (Å²) in [6, 6.07) is 26.2. The highest BCUT2D eigenvalue weighted by Crippen LogP contribution is 2.17. The quantitative estimate of drug-likeness (QED) is 0.395. The summed E-state index contributed by atoms with van der Waals surface area (Å²) >= 11 is 0. The number of allylic oxidation sites excluding steroid dienone is 1. The first-order chi connectivity index (χ1) is 15.2. The average molecular weight is 410 g/mol. The number of rotatable bonds is 8. The van der Waals surface area contributed by atoms with Crippen molar-refractivity contribution in [3.05, 3.63) is 107 Å². The molecule has 0 bridgehead atoms. The van der Waals surface area contributed by atoms with E-state index in [1.807, 2.05) is 61.5 Å². The van der Waals surface area contributed by atoms with Crippen molar-refractivity contribution in [3.8, 4) is 0 Å². The Morgan fingerprint density at radius 2 is 1.81 bits per heavy atom. The number of carbonyl (C=O) groups is 1. The van der Waals surface area contributed by atoms with Crippen molar-refractivity contribution in [2.24, 2.45) is 0 Å². The number of aryl methyl sites for hydroxylation is 2. The maximum Gasteiger partial charge on any atom is 0.251 e. The topological polar surface area (TPSA) is 46.9 Å². The summed E-state index contributed by atoms with van der Waals surface area (Å²) in [6.07, 6.45) is 5.96. The Bertz CT molecular complexity index is 1190. The van der Waals surface area contributed by atoms with Crippen LogP contribution in [0.4, 0.5) is 0 Å². The van der Waals surface area contributed by atoms with Crippen LogP contribution in [0.15, 0.2) is 84.9 Å². The molecule has 1 amide bonds. The number of imidazole rings is 1. The van der Waals surface area contributed by atoms with Crippen LogP contribution in [0.2, 0.25) is 0 Å². The van der Waals surface area contributed by atoms with Gasteiger partial charge in [0.15, 0.2) is 0 Å². The maximum absolute atomic E-state index is 12.4. The summed E-state index contributed by atoms with van der Waals surface area (Å²) in [5, 5.41) is 3.02. The first-order valence-electron chi connectivity index (χ1n) is 10.7. The van der Waals surface area contributed by atoms with Gasteiger partial charge in [0.2, 0.25) is 0 Å². The van der Waals surface area contributed by atoms with E-state index in [-0.39, 0.29) is 5.91 Å². The SMILES string of the molecule is Cc1cccc(C(=O)NCCCc2nc3ccccc3n2C/C=C/c2ccccc2)c1. The van der Waals surface area contributed by atoms with Crippen LogP contribution in [0, 0.1) is 6.92 Å². The zero-order chi connectivity index (χ0) is 21.5. The molecule has 4 aromatic rings. The molecule has 4 heteroatoms. The minimum atomic E-state index is -0.0250. The lowest BCUT2D eigenvalue weighted by molar-refractivity contribution is 0.0953. The van der Waals surface area contributed by atoms with E-state index in [0.29, 0.717) is 12.1 Å². The molecule has 0 aliphatic rings. The van der Waals surface area contributed by atoms with Gasteiger partial charge in [-0.1, -0.05) is 72.3 Å². The zero-order valence-electron chi connectivity index (χ0n) is 17.8. The van der Waals surface area contributed by atoms with Crippen LogP contribution in [0.1, 0.15) is 33.7 Å². The van der Waals surface area contributed by atoms with E-state index in [9.17, 15) is 4.79 Å². The van der Waals surface area contributed by atoms with Crippen molar-refractivity contribution < 1.29 is 4.79 Å². The van der Waals surface area contributed by atoms with Crippen LogP contribution in [0.3, 0.4) is 0 Å². The molecule has 0 unspecified atom stereocenters. The van der Waals surface area contributed by atoms with Gasteiger partial charge in [0.25, 0.3) is 5.91 Å². The van der Waals surface area contributed by atoms with E-state index in [4.69, 9.17) is 4.98 Å². The molecule has 1 N–H and O–H groups in total. The van der Waals surface area contributed by atoms with E-state index in [0.717, 1.165) is 41.8 Å². The number of amides is 1. The molecule has 0 atom stereocenters. The minimum absolute atomic E-state index is 0.0250. The molecule has 0 radical (unpaired) electrons. The second kappa shape index (κ2) is 9.90. The second-order valence-corrected chi connectivity index (χ2v) is 7.67. The fourth-order valence-electron chi connectivity index (χ4n) is 3.72. The molecular formula is C27H27N3O. The van der Waals surface area contributed by atoms with Crippen LogP contribution in [-0.4, -0.2) is 22.0 Å². The van der Waals surface area contributed by atoms with Crippen LogP contribution >= 0.6 is 0 Å². The number of carbonyl (C=O) groups excluding carboxylic acids is 1. The smallest absolute Gasteiger partial charge is 0.251 e. The highest BCUT2D eigenvalue weighted by molar-refractivity contribution is 5.94. The molecule has 0 aliphatic heterocycles. The van der Waals surface area contributed by atoms with E-state index in [1.165, 1.54) is 5.56 Å². The number of para-hydroxylation sites is 2. The van der Waals surface area contributed by atoms with Crippen molar-refractivity contribution in [1.29, 1.82) is 0 Å². The molecule has 156 valence electrons. The molecular weight excluding hydrogens is 382 g/mol. The number of hydrogen-bond donors (Lipinski definition) is 1. The molecule has 4 nitrogen and oxygen atoms in total. The van der Waals surface area contributed by atoms with Crippen molar-refractivity contribution in [2.75, 3.05) is 6.54 Å². The third-order valence-electron chi connectivity index (χ3n) is 5.27. The number of aromatic nitrogens is 2. The van der Waals surface area contributed by atoms with Crippen molar-refractivity contribution in [3.63, 3.8) is 0 Å².